The van der Waals surface area contributed by atoms with Crippen LogP contribution in [0.25, 0.3) is 0 Å². The monoisotopic (exact) mass is 297 g/mol. The van der Waals surface area contributed by atoms with Gasteiger partial charge in [-0.3, -0.25) is 4.79 Å². The lowest BCUT2D eigenvalue weighted by Gasteiger charge is -2.10. The van der Waals surface area contributed by atoms with Gasteiger partial charge in [0.1, 0.15) is 5.38 Å². The molecular weight excluding hydrogens is 287 g/mol. The topological polar surface area (TPSA) is 29.1 Å². The number of likely N-dealkylation sites (N-methyl/N-ethyl adjacent to an activating group) is 1. The Morgan fingerprint density at radius 1 is 1.39 bits per heavy atom. The SMILES string of the molecule is CCNC(=O)C(Cl)c1ccc(SC(F)(F)F)cc1. The summed E-state index contributed by atoms with van der Waals surface area (Å²) in [5.41, 5.74) is -3.85. The van der Waals surface area contributed by atoms with Crippen LogP contribution in [0, 0.1) is 0 Å². The zero-order valence-corrected chi connectivity index (χ0v) is 11.0. The first-order valence-electron chi connectivity index (χ1n) is 5.11. The molecule has 1 aromatic rings. The molecule has 0 bridgehead atoms. The number of nitrogens with one attached hydrogen (secondary N) is 1. The number of halogens is 4. The molecule has 0 fully saturated rings. The molecule has 0 radical (unpaired) electrons. The number of amides is 1. The fourth-order valence-corrected chi connectivity index (χ4v) is 2.02. The molecule has 1 amide bonds. The summed E-state index contributed by atoms with van der Waals surface area (Å²) in [5.74, 6) is -0.365. The Labute approximate surface area is 112 Å². The fourth-order valence-electron chi connectivity index (χ4n) is 1.25. The van der Waals surface area contributed by atoms with Gasteiger partial charge in [0.15, 0.2) is 0 Å². The van der Waals surface area contributed by atoms with Crippen LogP contribution in [0.2, 0.25) is 0 Å². The third-order valence-corrected chi connectivity index (χ3v) is 3.18. The summed E-state index contributed by atoms with van der Waals surface area (Å²) in [4.78, 5) is 11.5. The average Bonchev–Trinajstić information content (AvgIpc) is 2.27. The molecule has 1 unspecified atom stereocenters. The summed E-state index contributed by atoms with van der Waals surface area (Å²) in [6, 6.07) is 5.42. The van der Waals surface area contributed by atoms with Gasteiger partial charge in [0.2, 0.25) is 5.91 Å². The molecule has 0 saturated heterocycles. The highest BCUT2D eigenvalue weighted by Crippen LogP contribution is 2.37. The Morgan fingerprint density at radius 3 is 2.39 bits per heavy atom. The van der Waals surface area contributed by atoms with Crippen molar-refractivity contribution in [3.05, 3.63) is 29.8 Å². The van der Waals surface area contributed by atoms with E-state index in [1.54, 1.807) is 6.92 Å². The molecule has 0 aliphatic rings. The first-order chi connectivity index (χ1) is 8.33. The van der Waals surface area contributed by atoms with Crippen molar-refractivity contribution in [1.82, 2.24) is 5.32 Å². The van der Waals surface area contributed by atoms with Crippen LogP contribution < -0.4 is 5.32 Å². The lowest BCUT2D eigenvalue weighted by Crippen LogP contribution is -2.26. The summed E-state index contributed by atoms with van der Waals surface area (Å²) < 4.78 is 36.3. The van der Waals surface area contributed by atoms with Gasteiger partial charge in [-0.15, -0.1) is 11.6 Å². The van der Waals surface area contributed by atoms with E-state index in [-0.39, 0.29) is 22.6 Å². The molecule has 0 spiro atoms. The summed E-state index contributed by atoms with van der Waals surface area (Å²) in [7, 11) is 0. The normalized spacial score (nSPS) is 13.2. The number of carbonyl (C=O) groups excluding carboxylic acids is 1. The van der Waals surface area contributed by atoms with Crippen molar-refractivity contribution in [1.29, 1.82) is 0 Å². The highest BCUT2D eigenvalue weighted by Gasteiger charge is 2.29. The molecule has 2 nitrogen and oxygen atoms in total. The van der Waals surface area contributed by atoms with Crippen molar-refractivity contribution >= 4 is 29.3 Å². The van der Waals surface area contributed by atoms with Crippen LogP contribution in [0.4, 0.5) is 13.2 Å². The Hall–Kier alpha value is -0.880. The lowest BCUT2D eigenvalue weighted by molar-refractivity contribution is -0.120. The number of alkyl halides is 4. The van der Waals surface area contributed by atoms with Crippen LogP contribution in [0.15, 0.2) is 29.2 Å². The number of thioether (sulfide) groups is 1. The van der Waals surface area contributed by atoms with Gasteiger partial charge in [0.05, 0.1) is 0 Å². The third kappa shape index (κ3) is 4.78. The first-order valence-corrected chi connectivity index (χ1v) is 6.36. The molecule has 1 atom stereocenters. The molecule has 18 heavy (non-hydrogen) atoms. The maximum atomic E-state index is 12.1. The highest BCUT2D eigenvalue weighted by atomic mass is 35.5. The summed E-state index contributed by atoms with van der Waals surface area (Å²) in [5, 5.41) is 1.65. The molecule has 0 heterocycles. The third-order valence-electron chi connectivity index (χ3n) is 1.99. The van der Waals surface area contributed by atoms with Gasteiger partial charge in [0, 0.05) is 11.4 Å². The maximum absolute atomic E-state index is 12.1. The van der Waals surface area contributed by atoms with E-state index in [1.165, 1.54) is 24.3 Å². The minimum atomic E-state index is -4.32. The minimum absolute atomic E-state index is 0.0611. The Kier molecular flexibility index (Phi) is 5.34. The van der Waals surface area contributed by atoms with Crippen molar-refractivity contribution in [2.75, 3.05) is 6.54 Å². The van der Waals surface area contributed by atoms with E-state index in [0.29, 0.717) is 12.1 Å². The molecule has 1 aromatic carbocycles. The highest BCUT2D eigenvalue weighted by molar-refractivity contribution is 8.00. The van der Waals surface area contributed by atoms with Crippen LogP contribution in [0.3, 0.4) is 0 Å². The van der Waals surface area contributed by atoms with Crippen LogP contribution in [-0.4, -0.2) is 18.0 Å². The molecule has 0 aliphatic carbocycles. The average molecular weight is 298 g/mol. The maximum Gasteiger partial charge on any atom is 0.446 e. The molecule has 0 aliphatic heterocycles. The van der Waals surface area contributed by atoms with Gasteiger partial charge in [-0.1, -0.05) is 12.1 Å². The Balaban J connectivity index is 2.73. The van der Waals surface area contributed by atoms with E-state index in [2.05, 4.69) is 5.32 Å². The van der Waals surface area contributed by atoms with E-state index >= 15 is 0 Å². The summed E-state index contributed by atoms with van der Waals surface area (Å²) in [6.07, 6.45) is 0. The number of hydrogen-bond acceptors (Lipinski definition) is 2. The van der Waals surface area contributed by atoms with Crippen LogP contribution >= 0.6 is 23.4 Å². The summed E-state index contributed by atoms with van der Waals surface area (Å²) in [6.45, 7) is 2.20. The number of carbonyl (C=O) groups is 1. The number of hydrogen-bond donors (Lipinski definition) is 1. The van der Waals surface area contributed by atoms with E-state index in [9.17, 15) is 18.0 Å². The molecule has 100 valence electrons. The van der Waals surface area contributed by atoms with Gasteiger partial charge in [-0.25, -0.2) is 0 Å². The van der Waals surface area contributed by atoms with Crippen molar-refractivity contribution in [2.24, 2.45) is 0 Å². The van der Waals surface area contributed by atoms with Gasteiger partial charge >= 0.3 is 5.51 Å². The standard InChI is InChI=1S/C11H11ClF3NOS/c1-2-16-10(17)9(12)7-3-5-8(6-4-7)18-11(13,14)15/h3-6,9H,2H2,1H3,(H,16,17). The second-order valence-electron chi connectivity index (χ2n) is 3.37. The van der Waals surface area contributed by atoms with Gasteiger partial charge < -0.3 is 5.32 Å². The predicted molar refractivity (Wildman–Crippen MR) is 65.6 cm³/mol. The number of benzene rings is 1. The lowest BCUT2D eigenvalue weighted by atomic mass is 10.1. The van der Waals surface area contributed by atoms with Crippen molar-refractivity contribution in [3.8, 4) is 0 Å². The molecular formula is C11H11ClF3NOS. The minimum Gasteiger partial charge on any atom is -0.355 e. The second-order valence-corrected chi connectivity index (χ2v) is 4.95. The van der Waals surface area contributed by atoms with Crippen molar-refractivity contribution in [2.45, 2.75) is 22.7 Å². The molecule has 1 N–H and O–H groups in total. The molecule has 0 aromatic heterocycles. The zero-order valence-electron chi connectivity index (χ0n) is 9.42. The molecule has 1 rings (SSSR count). The first kappa shape index (κ1) is 15.2. The molecule has 7 heteroatoms. The van der Waals surface area contributed by atoms with Crippen molar-refractivity contribution in [3.63, 3.8) is 0 Å². The summed E-state index contributed by atoms with van der Waals surface area (Å²) >= 11 is 5.68. The van der Waals surface area contributed by atoms with Crippen LogP contribution in [0.1, 0.15) is 17.9 Å². The quantitative estimate of drug-likeness (QED) is 0.678. The smallest absolute Gasteiger partial charge is 0.355 e. The van der Waals surface area contributed by atoms with E-state index < -0.39 is 10.9 Å². The van der Waals surface area contributed by atoms with Crippen LogP contribution in [0.5, 0.6) is 0 Å². The number of rotatable bonds is 4. The van der Waals surface area contributed by atoms with E-state index in [1.807, 2.05) is 0 Å². The largest absolute Gasteiger partial charge is 0.446 e. The zero-order chi connectivity index (χ0) is 13.8. The van der Waals surface area contributed by atoms with Gasteiger partial charge in [0.25, 0.3) is 0 Å². The predicted octanol–water partition coefficient (Wildman–Crippen LogP) is 3.71. The van der Waals surface area contributed by atoms with Gasteiger partial charge in [-0.05, 0) is 36.4 Å². The van der Waals surface area contributed by atoms with Gasteiger partial charge in [-0.2, -0.15) is 13.2 Å². The fraction of sp³-hybridized carbons (Fsp3) is 0.364. The van der Waals surface area contributed by atoms with E-state index in [0.717, 1.165) is 0 Å². The second kappa shape index (κ2) is 6.33. The van der Waals surface area contributed by atoms with Crippen LogP contribution in [-0.2, 0) is 4.79 Å². The van der Waals surface area contributed by atoms with E-state index in [4.69, 9.17) is 11.6 Å². The Morgan fingerprint density at radius 2 is 1.94 bits per heavy atom. The molecule has 0 saturated carbocycles. The Bertz CT molecular complexity index is 408. The van der Waals surface area contributed by atoms with Crippen molar-refractivity contribution < 1.29 is 18.0 Å².